The van der Waals surface area contributed by atoms with Crippen LogP contribution in [0.4, 0.5) is 4.39 Å². The molecule has 5 nitrogen and oxygen atoms in total. The third kappa shape index (κ3) is 4.17. The molecule has 2 rings (SSSR count). The van der Waals surface area contributed by atoms with E-state index in [1.165, 1.54) is 19.2 Å². The molecule has 0 saturated carbocycles. The van der Waals surface area contributed by atoms with E-state index in [4.69, 9.17) is 4.74 Å². The van der Waals surface area contributed by atoms with Crippen LogP contribution in [0.25, 0.3) is 0 Å². The number of nitrogens with zero attached hydrogens (tertiary/aromatic N) is 2. The monoisotopic (exact) mass is 322 g/mol. The Labute approximate surface area is 131 Å². The van der Waals surface area contributed by atoms with E-state index in [2.05, 4.69) is 4.98 Å². The van der Waals surface area contributed by atoms with E-state index >= 15 is 0 Å². The number of rotatable bonds is 5. The minimum absolute atomic E-state index is 0.0810. The summed E-state index contributed by atoms with van der Waals surface area (Å²) in [5, 5.41) is -0.0810. The summed E-state index contributed by atoms with van der Waals surface area (Å²) in [7, 11) is 0. The van der Waals surface area contributed by atoms with Crippen molar-refractivity contribution in [1.29, 1.82) is 0 Å². The molecule has 22 heavy (non-hydrogen) atoms. The van der Waals surface area contributed by atoms with Crippen LogP contribution in [-0.2, 0) is 16.1 Å². The Hall–Kier alpha value is -2.15. The highest BCUT2D eigenvalue weighted by Gasteiger charge is 2.16. The van der Waals surface area contributed by atoms with Crippen molar-refractivity contribution in [2.45, 2.75) is 25.3 Å². The predicted molar refractivity (Wildman–Crippen MR) is 80.2 cm³/mol. The van der Waals surface area contributed by atoms with Gasteiger partial charge in [0.05, 0.1) is 6.61 Å². The lowest BCUT2D eigenvalue weighted by molar-refractivity contribution is -0.109. The van der Waals surface area contributed by atoms with Crippen LogP contribution in [0, 0.1) is 5.95 Å². The second-order valence-electron chi connectivity index (χ2n) is 4.49. The Balaban J connectivity index is 2.32. The zero-order valence-corrected chi connectivity index (χ0v) is 13.0. The number of ether oxygens (including phenoxy) is 1. The number of pyridine rings is 1. The molecule has 2 aromatic rings. The summed E-state index contributed by atoms with van der Waals surface area (Å²) in [4.78, 5) is 27.4. The van der Waals surface area contributed by atoms with Crippen molar-refractivity contribution in [3.63, 3.8) is 0 Å². The quantitative estimate of drug-likeness (QED) is 0.481. The highest BCUT2D eigenvalue weighted by atomic mass is 32.2. The van der Waals surface area contributed by atoms with Crippen LogP contribution in [0.5, 0.6) is 0 Å². The fourth-order valence-corrected chi connectivity index (χ4v) is 2.63. The molecular formula is C15H15FN2O3S. The summed E-state index contributed by atoms with van der Waals surface area (Å²) in [6.45, 7) is 3.70. The van der Waals surface area contributed by atoms with E-state index in [-0.39, 0.29) is 18.3 Å². The SMILES string of the molecule is CCOC(=O)c1cc(SC(C)=O)cn1Cc1ccnc(F)c1. The zero-order chi connectivity index (χ0) is 16.1. The van der Waals surface area contributed by atoms with Gasteiger partial charge in [-0.3, -0.25) is 4.79 Å². The van der Waals surface area contributed by atoms with Gasteiger partial charge in [-0.1, -0.05) is 11.8 Å². The second kappa shape index (κ2) is 7.22. The van der Waals surface area contributed by atoms with Crippen molar-refractivity contribution < 1.29 is 18.7 Å². The predicted octanol–water partition coefficient (Wildman–Crippen LogP) is 2.89. The molecule has 116 valence electrons. The van der Waals surface area contributed by atoms with Crippen molar-refractivity contribution in [2.24, 2.45) is 0 Å². The summed E-state index contributed by atoms with van der Waals surface area (Å²) in [6.07, 6.45) is 3.04. The second-order valence-corrected chi connectivity index (χ2v) is 5.74. The Morgan fingerprint density at radius 3 is 2.82 bits per heavy atom. The Morgan fingerprint density at radius 2 is 2.18 bits per heavy atom. The highest BCUT2D eigenvalue weighted by molar-refractivity contribution is 8.13. The number of carbonyl (C=O) groups excluding carboxylic acids is 2. The van der Waals surface area contributed by atoms with Crippen LogP contribution < -0.4 is 0 Å². The third-order valence-corrected chi connectivity index (χ3v) is 3.51. The molecule has 2 aromatic heterocycles. The minimum atomic E-state index is -0.583. The number of hydrogen-bond donors (Lipinski definition) is 0. The van der Waals surface area contributed by atoms with Crippen LogP contribution >= 0.6 is 11.8 Å². The van der Waals surface area contributed by atoms with Gasteiger partial charge in [0.1, 0.15) is 5.69 Å². The lowest BCUT2D eigenvalue weighted by Crippen LogP contribution is -2.12. The van der Waals surface area contributed by atoms with Gasteiger partial charge in [0.15, 0.2) is 5.12 Å². The Kier molecular flexibility index (Phi) is 5.32. The van der Waals surface area contributed by atoms with Crippen molar-refractivity contribution in [3.05, 3.63) is 47.8 Å². The highest BCUT2D eigenvalue weighted by Crippen LogP contribution is 2.23. The standard InChI is InChI=1S/C15H15FN2O3S/c1-3-21-15(20)13-7-12(22-10(2)19)9-18(13)8-11-4-5-17-14(16)6-11/h4-7,9H,3,8H2,1-2H3. The number of hydrogen-bond acceptors (Lipinski definition) is 5. The summed E-state index contributed by atoms with van der Waals surface area (Å²) < 4.78 is 19.8. The minimum Gasteiger partial charge on any atom is -0.461 e. The molecule has 0 aliphatic rings. The maximum absolute atomic E-state index is 13.2. The molecule has 0 aromatic carbocycles. The van der Waals surface area contributed by atoms with E-state index in [0.717, 1.165) is 11.8 Å². The Morgan fingerprint density at radius 1 is 1.41 bits per heavy atom. The molecule has 0 radical (unpaired) electrons. The van der Waals surface area contributed by atoms with Gasteiger partial charge in [0.25, 0.3) is 0 Å². The van der Waals surface area contributed by atoms with Crippen LogP contribution in [0.15, 0.2) is 35.5 Å². The fourth-order valence-electron chi connectivity index (χ4n) is 1.95. The van der Waals surface area contributed by atoms with Gasteiger partial charge in [-0.15, -0.1) is 0 Å². The number of thioether (sulfide) groups is 1. The molecule has 0 aliphatic heterocycles. The first-order chi connectivity index (χ1) is 10.5. The molecule has 0 bridgehead atoms. The molecule has 0 atom stereocenters. The van der Waals surface area contributed by atoms with Crippen molar-refractivity contribution in [2.75, 3.05) is 6.61 Å². The third-order valence-electron chi connectivity index (χ3n) is 2.76. The van der Waals surface area contributed by atoms with E-state index in [1.807, 2.05) is 0 Å². The maximum Gasteiger partial charge on any atom is 0.354 e. The average molecular weight is 322 g/mol. The number of esters is 1. The lowest BCUT2D eigenvalue weighted by Gasteiger charge is -2.08. The van der Waals surface area contributed by atoms with E-state index in [9.17, 15) is 14.0 Å². The van der Waals surface area contributed by atoms with E-state index < -0.39 is 11.9 Å². The van der Waals surface area contributed by atoms with Gasteiger partial charge in [0, 0.05) is 30.8 Å². The van der Waals surface area contributed by atoms with Gasteiger partial charge in [-0.05, 0) is 30.7 Å². The number of halogens is 1. The normalized spacial score (nSPS) is 10.5. The summed E-state index contributed by atoms with van der Waals surface area (Å²) in [5.74, 6) is -1.06. The summed E-state index contributed by atoms with van der Waals surface area (Å²) in [5.41, 5.74) is 0.982. The summed E-state index contributed by atoms with van der Waals surface area (Å²) >= 11 is 1.03. The topological polar surface area (TPSA) is 61.2 Å². The fraction of sp³-hybridized carbons (Fsp3) is 0.267. The summed E-state index contributed by atoms with van der Waals surface area (Å²) in [6, 6.07) is 4.56. The molecule has 0 spiro atoms. The van der Waals surface area contributed by atoms with E-state index in [0.29, 0.717) is 16.2 Å². The van der Waals surface area contributed by atoms with Gasteiger partial charge >= 0.3 is 5.97 Å². The molecule has 0 unspecified atom stereocenters. The van der Waals surface area contributed by atoms with Crippen LogP contribution in [0.2, 0.25) is 0 Å². The van der Waals surface area contributed by atoms with Crippen molar-refractivity contribution in [3.8, 4) is 0 Å². The van der Waals surface area contributed by atoms with Crippen molar-refractivity contribution >= 4 is 22.8 Å². The zero-order valence-electron chi connectivity index (χ0n) is 12.2. The molecule has 2 heterocycles. The average Bonchev–Trinajstić information content (AvgIpc) is 2.81. The molecule has 0 fully saturated rings. The first-order valence-corrected chi connectivity index (χ1v) is 7.47. The number of carbonyl (C=O) groups is 2. The van der Waals surface area contributed by atoms with Crippen LogP contribution in [-0.4, -0.2) is 27.2 Å². The maximum atomic E-state index is 13.2. The van der Waals surface area contributed by atoms with Crippen LogP contribution in [0.1, 0.15) is 29.9 Å². The van der Waals surface area contributed by atoms with Crippen molar-refractivity contribution in [1.82, 2.24) is 9.55 Å². The van der Waals surface area contributed by atoms with Crippen LogP contribution in [0.3, 0.4) is 0 Å². The van der Waals surface area contributed by atoms with Gasteiger partial charge in [0.2, 0.25) is 5.95 Å². The first kappa shape index (κ1) is 16.2. The van der Waals surface area contributed by atoms with Gasteiger partial charge in [-0.2, -0.15) is 4.39 Å². The molecule has 0 aliphatic carbocycles. The van der Waals surface area contributed by atoms with Gasteiger partial charge < -0.3 is 9.30 Å². The smallest absolute Gasteiger partial charge is 0.354 e. The molecule has 7 heteroatoms. The van der Waals surface area contributed by atoms with Gasteiger partial charge in [-0.25, -0.2) is 9.78 Å². The molecule has 0 amide bonds. The number of aromatic nitrogens is 2. The lowest BCUT2D eigenvalue weighted by atomic mass is 10.2. The first-order valence-electron chi connectivity index (χ1n) is 6.65. The molecule has 0 N–H and O–H groups in total. The molecule has 0 saturated heterocycles. The largest absolute Gasteiger partial charge is 0.461 e. The van der Waals surface area contributed by atoms with E-state index in [1.54, 1.807) is 29.8 Å². The Bertz CT molecular complexity index is 700. The molecular weight excluding hydrogens is 307 g/mol.